The molecular weight excluding hydrogens is 256 g/mol. The minimum Gasteiger partial charge on any atom is -0.507 e. The zero-order valence-corrected chi connectivity index (χ0v) is 10.2. The highest BCUT2D eigenvalue weighted by molar-refractivity contribution is 6.01. The summed E-state index contributed by atoms with van der Waals surface area (Å²) in [6, 6.07) is 0.645. The lowest BCUT2D eigenvalue weighted by Crippen LogP contribution is -2.24. The molecule has 1 amide bonds. The van der Waals surface area contributed by atoms with E-state index in [0.717, 1.165) is 6.42 Å². The van der Waals surface area contributed by atoms with Crippen molar-refractivity contribution in [2.45, 2.75) is 19.8 Å². The van der Waals surface area contributed by atoms with Crippen LogP contribution in [0.25, 0.3) is 0 Å². The predicted molar refractivity (Wildman–Crippen MR) is 65.3 cm³/mol. The van der Waals surface area contributed by atoms with E-state index in [4.69, 9.17) is 0 Å². The third-order valence-corrected chi connectivity index (χ3v) is 2.46. The summed E-state index contributed by atoms with van der Waals surface area (Å²) < 4.78 is 0. The van der Waals surface area contributed by atoms with Gasteiger partial charge >= 0.3 is 5.69 Å². The van der Waals surface area contributed by atoms with E-state index in [1.54, 1.807) is 0 Å². The van der Waals surface area contributed by atoms with Crippen LogP contribution >= 0.6 is 0 Å². The summed E-state index contributed by atoms with van der Waals surface area (Å²) >= 11 is 0. The van der Waals surface area contributed by atoms with Gasteiger partial charge in [0, 0.05) is 12.6 Å². The Morgan fingerprint density at radius 2 is 2.00 bits per heavy atom. The van der Waals surface area contributed by atoms with Crippen LogP contribution in [0.1, 0.15) is 30.1 Å². The number of carbonyl (C=O) groups excluding carboxylic acids is 1. The van der Waals surface area contributed by atoms with Gasteiger partial charge in [-0.25, -0.2) is 0 Å². The van der Waals surface area contributed by atoms with Crippen LogP contribution < -0.4 is 5.32 Å². The Bertz CT molecular complexity index is 514. The van der Waals surface area contributed by atoms with Crippen LogP contribution in [0.2, 0.25) is 0 Å². The van der Waals surface area contributed by atoms with E-state index in [1.165, 1.54) is 0 Å². The Morgan fingerprint density at radius 1 is 1.37 bits per heavy atom. The number of carbonyl (C=O) groups is 1. The van der Waals surface area contributed by atoms with Crippen molar-refractivity contribution < 1.29 is 25.0 Å². The van der Waals surface area contributed by atoms with Crippen LogP contribution in [-0.4, -0.2) is 32.7 Å². The van der Waals surface area contributed by atoms with Crippen LogP contribution in [0.4, 0.5) is 5.69 Å². The first-order valence-corrected chi connectivity index (χ1v) is 5.60. The average Bonchev–Trinajstić information content (AvgIpc) is 2.27. The second kappa shape index (κ2) is 5.89. The summed E-state index contributed by atoms with van der Waals surface area (Å²) in [5.74, 6) is -3.54. The number of nitro groups is 1. The molecule has 0 spiro atoms. The number of amides is 1. The number of nitrogens with one attached hydrogen (secondary N) is 1. The van der Waals surface area contributed by atoms with Gasteiger partial charge < -0.3 is 20.6 Å². The molecule has 0 unspecified atom stereocenters. The number of nitrogens with zero attached hydrogens (tertiary/aromatic N) is 1. The Labute approximate surface area is 108 Å². The number of phenolic OH excluding ortho intramolecular Hbond substituents is 3. The second-order valence-electron chi connectivity index (χ2n) is 3.85. The monoisotopic (exact) mass is 270 g/mol. The first-order chi connectivity index (χ1) is 8.90. The van der Waals surface area contributed by atoms with Crippen LogP contribution in [0.3, 0.4) is 0 Å². The number of rotatable bonds is 5. The zero-order chi connectivity index (χ0) is 14.6. The molecule has 0 radical (unpaired) electrons. The molecule has 0 bridgehead atoms. The zero-order valence-electron chi connectivity index (χ0n) is 10.2. The van der Waals surface area contributed by atoms with Crippen molar-refractivity contribution in [2.75, 3.05) is 6.54 Å². The maximum absolute atomic E-state index is 11.7. The van der Waals surface area contributed by atoms with E-state index >= 15 is 0 Å². The van der Waals surface area contributed by atoms with Gasteiger partial charge in [0.1, 0.15) is 11.3 Å². The van der Waals surface area contributed by atoms with Gasteiger partial charge in [-0.05, 0) is 6.42 Å². The summed E-state index contributed by atoms with van der Waals surface area (Å²) in [7, 11) is 0. The molecule has 0 aliphatic rings. The van der Waals surface area contributed by atoms with Gasteiger partial charge in [0.25, 0.3) is 5.91 Å². The number of aromatic hydroxyl groups is 3. The van der Waals surface area contributed by atoms with Crippen molar-refractivity contribution in [3.8, 4) is 17.2 Å². The number of unbranched alkanes of at least 4 members (excludes halogenated alkanes) is 1. The summed E-state index contributed by atoms with van der Waals surface area (Å²) in [6.07, 6.45) is 1.52. The van der Waals surface area contributed by atoms with Crippen molar-refractivity contribution in [1.82, 2.24) is 5.32 Å². The Hall–Kier alpha value is -2.51. The molecular formula is C11H14N2O6. The molecule has 0 atom stereocenters. The SMILES string of the molecule is CCCCNC(=O)c1c(O)cc(O)c([N+](=O)[O-])c1O. The number of hydrogen-bond acceptors (Lipinski definition) is 6. The quantitative estimate of drug-likeness (QED) is 0.361. The summed E-state index contributed by atoms with van der Waals surface area (Å²) in [4.78, 5) is 21.3. The van der Waals surface area contributed by atoms with Gasteiger partial charge in [-0.3, -0.25) is 14.9 Å². The standard InChI is InChI=1S/C11H14N2O6/c1-2-3-4-12-11(17)8-6(14)5-7(15)9(10(8)16)13(18)19/h5,14-16H,2-4H2,1H3,(H,12,17). The number of hydrogen-bond donors (Lipinski definition) is 4. The predicted octanol–water partition coefficient (Wildman–Crippen LogP) is 1.24. The number of phenols is 3. The van der Waals surface area contributed by atoms with Gasteiger partial charge in [-0.15, -0.1) is 0 Å². The molecule has 1 aromatic carbocycles. The molecule has 1 rings (SSSR count). The van der Waals surface area contributed by atoms with E-state index in [9.17, 15) is 30.2 Å². The van der Waals surface area contributed by atoms with Gasteiger partial charge in [0.05, 0.1) is 4.92 Å². The molecule has 104 valence electrons. The largest absolute Gasteiger partial charge is 0.507 e. The van der Waals surface area contributed by atoms with Crippen LogP contribution in [0.15, 0.2) is 6.07 Å². The second-order valence-corrected chi connectivity index (χ2v) is 3.85. The fourth-order valence-corrected chi connectivity index (χ4v) is 1.50. The maximum Gasteiger partial charge on any atom is 0.353 e. The lowest BCUT2D eigenvalue weighted by Gasteiger charge is -2.09. The molecule has 0 saturated carbocycles. The Balaban J connectivity index is 3.17. The van der Waals surface area contributed by atoms with E-state index in [0.29, 0.717) is 19.0 Å². The van der Waals surface area contributed by atoms with Gasteiger partial charge in [-0.2, -0.15) is 0 Å². The highest BCUT2D eigenvalue weighted by Crippen LogP contribution is 2.42. The third-order valence-electron chi connectivity index (χ3n) is 2.46. The van der Waals surface area contributed by atoms with Crippen molar-refractivity contribution in [1.29, 1.82) is 0 Å². The highest BCUT2D eigenvalue weighted by Gasteiger charge is 2.29. The first kappa shape index (κ1) is 14.6. The number of nitro benzene ring substituents is 1. The van der Waals surface area contributed by atoms with E-state index in [-0.39, 0.29) is 0 Å². The first-order valence-electron chi connectivity index (χ1n) is 5.60. The minimum absolute atomic E-state index is 0.308. The lowest BCUT2D eigenvalue weighted by molar-refractivity contribution is -0.386. The lowest BCUT2D eigenvalue weighted by atomic mass is 10.1. The topological polar surface area (TPSA) is 133 Å². The minimum atomic E-state index is -1.06. The van der Waals surface area contributed by atoms with Gasteiger partial charge in [-0.1, -0.05) is 13.3 Å². The molecule has 0 heterocycles. The fraction of sp³-hybridized carbons (Fsp3) is 0.364. The van der Waals surface area contributed by atoms with Crippen LogP contribution in [0.5, 0.6) is 17.2 Å². The number of benzene rings is 1. The molecule has 0 aliphatic heterocycles. The van der Waals surface area contributed by atoms with Crippen molar-refractivity contribution in [3.05, 3.63) is 21.7 Å². The van der Waals surface area contributed by atoms with Crippen LogP contribution in [-0.2, 0) is 0 Å². The van der Waals surface area contributed by atoms with Crippen molar-refractivity contribution in [2.24, 2.45) is 0 Å². The average molecular weight is 270 g/mol. The molecule has 0 saturated heterocycles. The molecule has 0 fully saturated rings. The Morgan fingerprint density at radius 3 is 2.53 bits per heavy atom. The molecule has 8 heteroatoms. The highest BCUT2D eigenvalue weighted by atomic mass is 16.6. The van der Waals surface area contributed by atoms with Crippen molar-refractivity contribution in [3.63, 3.8) is 0 Å². The van der Waals surface area contributed by atoms with Crippen molar-refractivity contribution >= 4 is 11.6 Å². The smallest absolute Gasteiger partial charge is 0.353 e. The molecule has 0 aliphatic carbocycles. The summed E-state index contributed by atoms with van der Waals surface area (Å²) in [5, 5.41) is 41.5. The summed E-state index contributed by atoms with van der Waals surface area (Å²) in [5.41, 5.74) is -1.64. The van der Waals surface area contributed by atoms with Gasteiger partial charge in [0.2, 0.25) is 11.5 Å². The van der Waals surface area contributed by atoms with E-state index in [2.05, 4.69) is 5.32 Å². The summed E-state index contributed by atoms with van der Waals surface area (Å²) in [6.45, 7) is 2.22. The van der Waals surface area contributed by atoms with E-state index in [1.807, 2.05) is 6.92 Å². The third kappa shape index (κ3) is 3.03. The molecule has 0 aromatic heterocycles. The Kier molecular flexibility index (Phi) is 4.51. The van der Waals surface area contributed by atoms with E-state index < -0.39 is 39.3 Å². The molecule has 4 N–H and O–H groups in total. The fourth-order valence-electron chi connectivity index (χ4n) is 1.50. The molecule has 19 heavy (non-hydrogen) atoms. The van der Waals surface area contributed by atoms with Gasteiger partial charge in [0.15, 0.2) is 0 Å². The van der Waals surface area contributed by atoms with Crippen LogP contribution in [0, 0.1) is 10.1 Å². The molecule has 8 nitrogen and oxygen atoms in total. The molecule has 1 aromatic rings. The maximum atomic E-state index is 11.7. The normalized spacial score (nSPS) is 10.2.